The molecule has 2 amide bonds. The summed E-state index contributed by atoms with van der Waals surface area (Å²) in [6.07, 6.45) is 2.08. The Labute approximate surface area is 191 Å². The van der Waals surface area contributed by atoms with Crippen LogP contribution in [-0.2, 0) is 23.8 Å². The Balaban J connectivity index is 2.40. The summed E-state index contributed by atoms with van der Waals surface area (Å²) in [4.78, 5) is 44.0. The lowest BCUT2D eigenvalue weighted by atomic mass is 9.86. The molecule has 3 atom stereocenters. The van der Waals surface area contributed by atoms with Crippen molar-refractivity contribution in [1.29, 1.82) is 0 Å². The second-order valence-electron chi connectivity index (χ2n) is 9.58. The van der Waals surface area contributed by atoms with Gasteiger partial charge in [-0.05, 0) is 59.3 Å². The zero-order valence-electron chi connectivity index (χ0n) is 20.5. The molecule has 182 valence electrons. The molecule has 0 aromatic carbocycles. The molecule has 9 heteroatoms. The van der Waals surface area contributed by atoms with Crippen LogP contribution in [0.25, 0.3) is 0 Å². The van der Waals surface area contributed by atoms with E-state index in [-0.39, 0.29) is 42.1 Å². The summed E-state index contributed by atoms with van der Waals surface area (Å²) in [6, 6.07) is -0.336. The van der Waals surface area contributed by atoms with Crippen LogP contribution in [0.3, 0.4) is 0 Å². The first kappa shape index (κ1) is 26.1. The van der Waals surface area contributed by atoms with Crippen molar-refractivity contribution in [3.63, 3.8) is 0 Å². The van der Waals surface area contributed by atoms with E-state index in [4.69, 9.17) is 14.2 Å². The van der Waals surface area contributed by atoms with Gasteiger partial charge in [-0.3, -0.25) is 14.5 Å². The lowest BCUT2D eigenvalue weighted by Crippen LogP contribution is -2.65. The van der Waals surface area contributed by atoms with Crippen molar-refractivity contribution >= 4 is 23.9 Å². The fourth-order valence-electron chi connectivity index (χ4n) is 4.24. The third-order valence-electron chi connectivity index (χ3n) is 6.18. The Hall–Kier alpha value is -2.16. The Morgan fingerprint density at radius 1 is 1.25 bits per heavy atom. The maximum Gasteiger partial charge on any atom is 0.437 e. The van der Waals surface area contributed by atoms with Gasteiger partial charge in [0.2, 0.25) is 11.9 Å². The van der Waals surface area contributed by atoms with Crippen LogP contribution in [-0.4, -0.2) is 66.3 Å². The second kappa shape index (κ2) is 10.6. The van der Waals surface area contributed by atoms with E-state index in [0.717, 1.165) is 0 Å². The summed E-state index contributed by atoms with van der Waals surface area (Å²) in [6.45, 7) is 11.8. The third kappa shape index (κ3) is 6.43. The number of nitrogens with one attached hydrogen (secondary N) is 1. The van der Waals surface area contributed by atoms with Gasteiger partial charge in [-0.2, -0.15) is 0 Å². The van der Waals surface area contributed by atoms with E-state index >= 15 is 0 Å². The van der Waals surface area contributed by atoms with Gasteiger partial charge in [-0.1, -0.05) is 13.8 Å². The summed E-state index contributed by atoms with van der Waals surface area (Å²) in [5.41, 5.74) is -1.19. The minimum atomic E-state index is -0.760. The first-order valence-electron chi connectivity index (χ1n) is 11.6. The van der Waals surface area contributed by atoms with Gasteiger partial charge in [0.05, 0.1) is 18.9 Å². The highest BCUT2D eigenvalue weighted by atomic mass is 16.6. The van der Waals surface area contributed by atoms with Gasteiger partial charge in [0.25, 0.3) is 0 Å². The van der Waals surface area contributed by atoms with Crippen LogP contribution in [0.4, 0.5) is 4.79 Å². The molecule has 0 unspecified atom stereocenters. The number of hydrogen-bond donors (Lipinski definition) is 1. The topological polar surface area (TPSA) is 107 Å². The highest BCUT2D eigenvalue weighted by Crippen LogP contribution is 2.46. The Morgan fingerprint density at radius 3 is 2.44 bits per heavy atom. The van der Waals surface area contributed by atoms with E-state index in [1.54, 1.807) is 39.7 Å². The van der Waals surface area contributed by atoms with Gasteiger partial charge in [-0.15, -0.1) is 4.99 Å². The predicted molar refractivity (Wildman–Crippen MR) is 120 cm³/mol. The Bertz CT molecular complexity index is 726. The van der Waals surface area contributed by atoms with Gasteiger partial charge >= 0.3 is 12.1 Å². The molecule has 0 bridgehead atoms. The molecule has 2 rings (SSSR count). The van der Waals surface area contributed by atoms with Gasteiger partial charge in [-0.25, -0.2) is 4.79 Å². The number of nitrogens with zero attached hydrogens (tertiary/aromatic N) is 2. The van der Waals surface area contributed by atoms with E-state index < -0.39 is 17.2 Å². The number of methoxy groups -OCH3 is 1. The first-order chi connectivity index (χ1) is 15.0. The molecule has 1 aliphatic carbocycles. The van der Waals surface area contributed by atoms with Crippen molar-refractivity contribution in [2.75, 3.05) is 20.3 Å². The SMILES string of the molecule is CCOC(=O)[C@@H]1C[C@H]1[C@@H](CCOC)N1C(=O)CC(CC)(CC)NC1=NC(=O)OC(C)(C)C. The van der Waals surface area contributed by atoms with Crippen molar-refractivity contribution in [1.82, 2.24) is 10.2 Å². The zero-order chi connectivity index (χ0) is 24.1. The normalized spacial score (nSPS) is 24.7. The summed E-state index contributed by atoms with van der Waals surface area (Å²) in [5, 5.41) is 3.37. The standard InChI is InChI=1S/C23H39N3O6/c1-8-23(9-2)14-18(27)26(20(25-23)24-21(29)32-22(4,5)6)17(11-12-30-7)15-13-16(15)19(28)31-10-3/h15-17H,8-14H2,1-7H3,(H,24,25,29)/t15-,16-,17-/m1/s1. The molecular formula is C23H39N3O6. The number of guanidine groups is 1. The quantitative estimate of drug-likeness (QED) is 0.534. The number of aliphatic imine (C=N–C) groups is 1. The van der Waals surface area contributed by atoms with E-state index in [9.17, 15) is 14.4 Å². The molecule has 0 aromatic heterocycles. The molecule has 1 saturated carbocycles. The van der Waals surface area contributed by atoms with E-state index in [1.807, 2.05) is 13.8 Å². The largest absolute Gasteiger partial charge is 0.466 e. The summed E-state index contributed by atoms with van der Waals surface area (Å²) >= 11 is 0. The van der Waals surface area contributed by atoms with Gasteiger partial charge < -0.3 is 19.5 Å². The number of amides is 2. The van der Waals surface area contributed by atoms with Crippen LogP contribution >= 0.6 is 0 Å². The zero-order valence-corrected chi connectivity index (χ0v) is 20.5. The van der Waals surface area contributed by atoms with E-state index in [2.05, 4.69) is 10.3 Å². The van der Waals surface area contributed by atoms with Crippen LogP contribution in [0.1, 0.15) is 73.6 Å². The average molecular weight is 454 g/mol. The highest BCUT2D eigenvalue weighted by Gasteiger charge is 2.54. The maximum atomic E-state index is 13.4. The first-order valence-corrected chi connectivity index (χ1v) is 11.6. The Kier molecular flexibility index (Phi) is 8.67. The molecule has 32 heavy (non-hydrogen) atoms. The molecule has 0 aromatic rings. The smallest absolute Gasteiger partial charge is 0.437 e. The number of esters is 1. The van der Waals surface area contributed by atoms with E-state index in [1.165, 1.54) is 0 Å². The second-order valence-corrected chi connectivity index (χ2v) is 9.58. The summed E-state index contributed by atoms with van der Waals surface area (Å²) in [7, 11) is 1.60. The fraction of sp³-hybridized carbons (Fsp3) is 0.826. The minimum Gasteiger partial charge on any atom is -0.466 e. The third-order valence-corrected chi connectivity index (χ3v) is 6.18. The van der Waals surface area contributed by atoms with Crippen LogP contribution < -0.4 is 5.32 Å². The lowest BCUT2D eigenvalue weighted by Gasteiger charge is -2.45. The van der Waals surface area contributed by atoms with Crippen molar-refractivity contribution in [2.45, 2.75) is 90.8 Å². The average Bonchev–Trinajstić information content (AvgIpc) is 3.49. The van der Waals surface area contributed by atoms with Gasteiger partial charge in [0, 0.05) is 25.3 Å². The van der Waals surface area contributed by atoms with Crippen LogP contribution in [0.2, 0.25) is 0 Å². The monoisotopic (exact) mass is 453 g/mol. The molecule has 0 radical (unpaired) electrons. The Morgan fingerprint density at radius 2 is 1.91 bits per heavy atom. The van der Waals surface area contributed by atoms with E-state index in [0.29, 0.717) is 38.9 Å². The number of rotatable bonds is 9. The predicted octanol–water partition coefficient (Wildman–Crippen LogP) is 3.26. The summed E-state index contributed by atoms with van der Waals surface area (Å²) < 4.78 is 15.8. The molecule has 1 aliphatic heterocycles. The molecule has 9 nitrogen and oxygen atoms in total. The molecule has 2 fully saturated rings. The van der Waals surface area contributed by atoms with Crippen molar-refractivity contribution in [3.05, 3.63) is 0 Å². The lowest BCUT2D eigenvalue weighted by molar-refractivity contribution is -0.145. The highest BCUT2D eigenvalue weighted by molar-refractivity contribution is 6.04. The van der Waals surface area contributed by atoms with Crippen molar-refractivity contribution in [2.24, 2.45) is 16.8 Å². The molecule has 1 saturated heterocycles. The minimum absolute atomic E-state index is 0.0745. The molecular weight excluding hydrogens is 414 g/mol. The number of carbonyl (C=O) groups excluding carboxylic acids is 3. The maximum absolute atomic E-state index is 13.4. The van der Waals surface area contributed by atoms with Crippen LogP contribution in [0, 0.1) is 11.8 Å². The number of hydrogen-bond acceptors (Lipinski definition) is 6. The van der Waals surface area contributed by atoms with Gasteiger partial charge in [0.1, 0.15) is 5.60 Å². The summed E-state index contributed by atoms with van der Waals surface area (Å²) in [5.74, 6) is -0.523. The number of carbonyl (C=O) groups is 3. The molecule has 1 N–H and O–H groups in total. The van der Waals surface area contributed by atoms with Crippen LogP contribution in [0.5, 0.6) is 0 Å². The van der Waals surface area contributed by atoms with Crippen molar-refractivity contribution in [3.8, 4) is 0 Å². The molecule has 0 spiro atoms. The molecule has 1 heterocycles. The van der Waals surface area contributed by atoms with Gasteiger partial charge in [0.15, 0.2) is 0 Å². The number of ether oxygens (including phenoxy) is 3. The molecule has 2 aliphatic rings. The van der Waals surface area contributed by atoms with Crippen molar-refractivity contribution < 1.29 is 28.6 Å². The fourth-order valence-corrected chi connectivity index (χ4v) is 4.24. The van der Waals surface area contributed by atoms with Crippen LogP contribution in [0.15, 0.2) is 4.99 Å².